The van der Waals surface area contributed by atoms with Gasteiger partial charge in [-0.15, -0.1) is 20.4 Å². The van der Waals surface area contributed by atoms with Crippen molar-refractivity contribution >= 4 is 88.3 Å². The number of nitrogens with one attached hydrogen (secondary N) is 5. The third-order valence-electron chi connectivity index (χ3n) is 9.10. The topological polar surface area (TPSA) is 261 Å². The number of aromatic carboxylic acids is 1. The second-order valence-corrected chi connectivity index (χ2v) is 14.9. The van der Waals surface area contributed by atoms with Crippen LogP contribution in [0.3, 0.4) is 0 Å². The van der Waals surface area contributed by atoms with Crippen LogP contribution < -0.4 is 25.8 Å². The van der Waals surface area contributed by atoms with Crippen LogP contribution in [0.5, 0.6) is 0 Å². The monoisotopic (exact) mass is 832 g/mol. The smallest absolute Gasteiger partial charge is 0.337 e. The van der Waals surface area contributed by atoms with E-state index in [1.807, 2.05) is 47.5 Å². The Balaban J connectivity index is 0.000000140. The number of hydrogen-bond donors (Lipinski definition) is 6. The lowest BCUT2D eigenvalue weighted by atomic mass is 10.2. The molecule has 0 atom stereocenters. The Morgan fingerprint density at radius 3 is 1.63 bits per heavy atom. The molecule has 0 spiro atoms. The third-order valence-corrected chi connectivity index (χ3v) is 10.9. The van der Waals surface area contributed by atoms with Crippen LogP contribution in [0.2, 0.25) is 0 Å². The second kappa shape index (κ2) is 18.4. The molecule has 0 bridgehead atoms. The SMILES string of the molecule is O=C(O)c1ccnnc1.O=C(c1ccnnc1)N1CCN(c2nnc(Nc3ccc4[nH]ncc4c3)s2)CC1.c1cc2[nH]ncc2cc1Nc1nnc(N2CCNCC2)s1. The minimum atomic E-state index is -0.982. The average Bonchev–Trinajstić information content (AvgIpc) is 4.14. The molecule has 2 fully saturated rings. The zero-order valence-corrected chi connectivity index (χ0v) is 32.8. The van der Waals surface area contributed by atoms with Crippen molar-refractivity contribution in [2.75, 3.05) is 72.8 Å². The van der Waals surface area contributed by atoms with Crippen molar-refractivity contribution in [1.29, 1.82) is 0 Å². The fourth-order valence-corrected chi connectivity index (χ4v) is 7.68. The number of nitrogens with zero attached hydrogens (tertiary/aromatic N) is 13. The van der Waals surface area contributed by atoms with Crippen molar-refractivity contribution in [2.45, 2.75) is 0 Å². The molecule has 23 heteroatoms. The first-order valence-electron chi connectivity index (χ1n) is 18.3. The zero-order chi connectivity index (χ0) is 40.4. The van der Waals surface area contributed by atoms with Gasteiger partial charge < -0.3 is 35.8 Å². The Bertz CT molecular complexity index is 2600. The van der Waals surface area contributed by atoms with E-state index in [2.05, 4.69) is 86.9 Å². The molecule has 0 saturated carbocycles. The van der Waals surface area contributed by atoms with Crippen LogP contribution in [0.1, 0.15) is 20.7 Å². The average molecular weight is 833 g/mol. The number of aromatic amines is 2. The molecule has 2 aliphatic heterocycles. The Kier molecular flexibility index (Phi) is 12.0. The van der Waals surface area contributed by atoms with E-state index in [9.17, 15) is 9.59 Å². The van der Waals surface area contributed by atoms with E-state index in [0.29, 0.717) is 31.7 Å². The van der Waals surface area contributed by atoms with Crippen LogP contribution in [0.4, 0.5) is 31.9 Å². The Morgan fingerprint density at radius 1 is 0.610 bits per heavy atom. The summed E-state index contributed by atoms with van der Waals surface area (Å²) in [6.45, 7) is 6.63. The number of amides is 1. The van der Waals surface area contributed by atoms with Crippen LogP contribution in [-0.2, 0) is 0 Å². The Labute approximate surface area is 342 Å². The predicted molar refractivity (Wildman–Crippen MR) is 223 cm³/mol. The fourth-order valence-electron chi connectivity index (χ4n) is 6.05. The Hall–Kier alpha value is -7.24. The largest absolute Gasteiger partial charge is 0.478 e. The van der Waals surface area contributed by atoms with Gasteiger partial charge in [0, 0.05) is 74.5 Å². The van der Waals surface area contributed by atoms with Crippen LogP contribution in [0, 0.1) is 0 Å². The molecule has 2 aliphatic rings. The number of carbonyl (C=O) groups excluding carboxylic acids is 1. The van der Waals surface area contributed by atoms with Gasteiger partial charge in [-0.3, -0.25) is 15.0 Å². The number of H-pyrrole nitrogens is 2. The van der Waals surface area contributed by atoms with Gasteiger partial charge in [0.2, 0.25) is 20.5 Å². The molecule has 0 aliphatic carbocycles. The summed E-state index contributed by atoms with van der Waals surface area (Å²) in [4.78, 5) is 28.9. The zero-order valence-electron chi connectivity index (χ0n) is 31.1. The van der Waals surface area contributed by atoms with Crippen LogP contribution in [0.25, 0.3) is 21.8 Å². The number of rotatable bonds is 8. The summed E-state index contributed by atoms with van der Waals surface area (Å²) in [5, 5.41) is 69.0. The number of fused-ring (bicyclic) bond motifs is 2. The molecule has 1 amide bonds. The second-order valence-electron chi connectivity index (χ2n) is 13.0. The quantitative estimate of drug-likeness (QED) is 0.128. The van der Waals surface area contributed by atoms with E-state index in [-0.39, 0.29) is 11.5 Å². The molecule has 21 nitrogen and oxygen atoms in total. The lowest BCUT2D eigenvalue weighted by Crippen LogP contribution is -2.48. The normalized spacial score (nSPS) is 13.9. The van der Waals surface area contributed by atoms with Gasteiger partial charge in [-0.2, -0.15) is 30.6 Å². The summed E-state index contributed by atoms with van der Waals surface area (Å²) < 4.78 is 0. The van der Waals surface area contributed by atoms with Gasteiger partial charge >= 0.3 is 5.97 Å². The summed E-state index contributed by atoms with van der Waals surface area (Å²) in [5.74, 6) is -1.00. The van der Waals surface area contributed by atoms with E-state index < -0.39 is 5.97 Å². The molecule has 8 aromatic rings. The number of benzene rings is 2. The first-order valence-corrected chi connectivity index (χ1v) is 19.9. The van der Waals surface area contributed by atoms with Crippen LogP contribution >= 0.6 is 22.7 Å². The molecule has 6 N–H and O–H groups in total. The van der Waals surface area contributed by atoms with Gasteiger partial charge in [0.15, 0.2) is 0 Å². The summed E-state index contributed by atoms with van der Waals surface area (Å²) in [6, 6.07) is 15.1. The molecular weight excluding hydrogens is 797 g/mol. The predicted octanol–water partition coefficient (Wildman–Crippen LogP) is 3.65. The number of carboxylic acids is 1. The van der Waals surface area contributed by atoms with Crippen LogP contribution in [0.15, 0.2) is 85.7 Å². The number of aromatic nitrogens is 12. The van der Waals surface area contributed by atoms with Crippen molar-refractivity contribution in [2.24, 2.45) is 0 Å². The maximum atomic E-state index is 12.5. The molecule has 10 rings (SSSR count). The first kappa shape index (κ1) is 38.6. The van der Waals surface area contributed by atoms with Gasteiger partial charge in [0.1, 0.15) is 0 Å². The Morgan fingerprint density at radius 2 is 1.14 bits per heavy atom. The van der Waals surface area contributed by atoms with Crippen molar-refractivity contribution in [3.63, 3.8) is 0 Å². The molecule has 8 heterocycles. The maximum absolute atomic E-state index is 12.5. The minimum absolute atomic E-state index is 0.0196. The van der Waals surface area contributed by atoms with E-state index in [4.69, 9.17) is 5.11 Å². The number of anilines is 6. The van der Waals surface area contributed by atoms with E-state index >= 15 is 0 Å². The first-order chi connectivity index (χ1) is 28.9. The lowest BCUT2D eigenvalue weighted by molar-refractivity contribution is 0.0694. The van der Waals surface area contributed by atoms with E-state index in [1.165, 1.54) is 42.2 Å². The number of carbonyl (C=O) groups is 2. The number of piperazine rings is 2. The van der Waals surface area contributed by atoms with Crippen molar-refractivity contribution in [3.05, 3.63) is 96.8 Å². The molecular formula is C36H36N18O3S2. The number of hydrogen-bond acceptors (Lipinski definition) is 19. The molecule has 0 unspecified atom stereocenters. The van der Waals surface area contributed by atoms with Crippen molar-refractivity contribution in [3.8, 4) is 0 Å². The molecule has 0 radical (unpaired) electrons. The summed E-state index contributed by atoms with van der Waals surface area (Å²) >= 11 is 3.08. The highest BCUT2D eigenvalue weighted by Gasteiger charge is 2.24. The van der Waals surface area contributed by atoms with Gasteiger partial charge in [-0.1, -0.05) is 22.7 Å². The molecule has 2 saturated heterocycles. The highest BCUT2D eigenvalue weighted by molar-refractivity contribution is 7.19. The molecule has 2 aromatic carbocycles. The van der Waals surface area contributed by atoms with Gasteiger partial charge in [0.05, 0.1) is 59.3 Å². The highest BCUT2D eigenvalue weighted by Crippen LogP contribution is 2.30. The van der Waals surface area contributed by atoms with Crippen molar-refractivity contribution in [1.82, 2.24) is 71.4 Å². The summed E-state index contributed by atoms with van der Waals surface area (Å²) in [6.07, 6.45) is 9.16. The molecule has 6 aromatic heterocycles. The van der Waals surface area contributed by atoms with Gasteiger partial charge in [-0.05, 0) is 48.5 Å². The van der Waals surface area contributed by atoms with E-state index in [1.54, 1.807) is 23.6 Å². The third kappa shape index (κ3) is 9.84. The fraction of sp³-hybridized carbons (Fsp3) is 0.222. The highest BCUT2D eigenvalue weighted by atomic mass is 32.1. The maximum Gasteiger partial charge on any atom is 0.337 e. The van der Waals surface area contributed by atoms with Crippen LogP contribution in [-0.4, -0.2) is 135 Å². The molecule has 59 heavy (non-hydrogen) atoms. The summed E-state index contributed by atoms with van der Waals surface area (Å²) in [7, 11) is 0. The van der Waals surface area contributed by atoms with E-state index in [0.717, 1.165) is 79.9 Å². The number of carboxylic acid groups (broad SMARTS) is 1. The van der Waals surface area contributed by atoms with Gasteiger partial charge in [-0.25, -0.2) is 4.79 Å². The lowest BCUT2D eigenvalue weighted by Gasteiger charge is -2.34. The van der Waals surface area contributed by atoms with Crippen molar-refractivity contribution < 1.29 is 14.7 Å². The van der Waals surface area contributed by atoms with Gasteiger partial charge in [0.25, 0.3) is 5.91 Å². The standard InChI is InChI=1S/C18H17N9OS.C13H15N7S.C5H4N2O2/c28-16(12-3-4-19-20-10-12)26-5-7-27(8-6-26)18-25-24-17(29-18)22-14-1-2-15-13(9-14)11-21-23-15;1-2-11-9(8-15-17-11)7-10(1)16-12-18-19-13(21-12)20-5-3-14-4-6-20;8-5(9)4-1-2-6-7-3-4/h1-4,9-11H,5-8H2,(H,21,23)(H,22,24);1-2,7-8,14H,3-6H2,(H,15,17)(H,16,18);1-3H,(H,8,9). The molecule has 300 valence electrons. The minimum Gasteiger partial charge on any atom is -0.478 e. The summed E-state index contributed by atoms with van der Waals surface area (Å²) in [5.41, 5.74) is 4.66.